The van der Waals surface area contributed by atoms with Crippen molar-refractivity contribution in [1.29, 1.82) is 0 Å². The SMILES string of the molecule is COc1c(NC(=O)c2cc3cccc(-c4ncccc4C(N)=O)c3s2)cc(C(C)(C)C)cc1NS(C)(=O)=O. The van der Waals surface area contributed by atoms with Crippen LogP contribution in [0.15, 0.2) is 54.7 Å². The van der Waals surface area contributed by atoms with Gasteiger partial charge in [-0.05, 0) is 46.7 Å². The number of fused-ring (bicyclic) bond motifs is 1. The molecule has 2 aromatic heterocycles. The van der Waals surface area contributed by atoms with Crippen molar-refractivity contribution in [1.82, 2.24) is 4.98 Å². The topological polar surface area (TPSA) is 140 Å². The van der Waals surface area contributed by atoms with Crippen LogP contribution in [0.4, 0.5) is 11.4 Å². The number of amides is 2. The first-order valence-electron chi connectivity index (χ1n) is 11.6. The third kappa shape index (κ3) is 5.63. The zero-order valence-electron chi connectivity index (χ0n) is 21.6. The molecule has 0 bridgehead atoms. The highest BCUT2D eigenvalue weighted by molar-refractivity contribution is 7.92. The molecule has 2 amide bonds. The molecule has 4 aromatic rings. The van der Waals surface area contributed by atoms with E-state index in [2.05, 4.69) is 15.0 Å². The molecule has 0 unspecified atom stereocenters. The zero-order valence-corrected chi connectivity index (χ0v) is 23.2. The van der Waals surface area contributed by atoms with Gasteiger partial charge in [0, 0.05) is 16.5 Å². The molecule has 0 spiro atoms. The molecule has 0 saturated heterocycles. The summed E-state index contributed by atoms with van der Waals surface area (Å²) < 4.78 is 32.8. The van der Waals surface area contributed by atoms with E-state index in [9.17, 15) is 18.0 Å². The van der Waals surface area contributed by atoms with Gasteiger partial charge in [0.05, 0.1) is 40.9 Å². The minimum atomic E-state index is -3.61. The Bertz CT molecular complexity index is 1670. The summed E-state index contributed by atoms with van der Waals surface area (Å²) in [6.07, 6.45) is 2.63. The third-order valence-electron chi connectivity index (χ3n) is 5.80. The van der Waals surface area contributed by atoms with Gasteiger partial charge in [-0.2, -0.15) is 0 Å². The van der Waals surface area contributed by atoms with E-state index in [1.807, 2.05) is 39.0 Å². The molecule has 0 atom stereocenters. The van der Waals surface area contributed by atoms with Crippen LogP contribution in [0.25, 0.3) is 21.3 Å². The van der Waals surface area contributed by atoms with E-state index < -0.39 is 21.8 Å². The lowest BCUT2D eigenvalue weighted by atomic mass is 9.86. The predicted molar refractivity (Wildman–Crippen MR) is 152 cm³/mol. The second-order valence-corrected chi connectivity index (χ2v) is 12.6. The maximum Gasteiger partial charge on any atom is 0.265 e. The summed E-state index contributed by atoms with van der Waals surface area (Å²) >= 11 is 1.25. The first-order chi connectivity index (χ1) is 17.8. The number of carbonyl (C=O) groups excluding carboxylic acids is 2. The Labute approximate surface area is 225 Å². The van der Waals surface area contributed by atoms with E-state index in [1.165, 1.54) is 18.4 Å². The van der Waals surface area contributed by atoms with E-state index >= 15 is 0 Å². The van der Waals surface area contributed by atoms with Crippen LogP contribution in [0.3, 0.4) is 0 Å². The maximum atomic E-state index is 13.4. The summed E-state index contributed by atoms with van der Waals surface area (Å²) in [5.74, 6) is -0.801. The van der Waals surface area contributed by atoms with Crippen LogP contribution < -0.4 is 20.5 Å². The Kier molecular flexibility index (Phi) is 7.18. The number of methoxy groups -OCH3 is 1. The van der Waals surface area contributed by atoms with Crippen LogP contribution >= 0.6 is 11.3 Å². The van der Waals surface area contributed by atoms with Crippen molar-refractivity contribution in [2.24, 2.45) is 5.73 Å². The van der Waals surface area contributed by atoms with Gasteiger partial charge in [-0.3, -0.25) is 19.3 Å². The normalized spacial score (nSPS) is 11.8. The molecule has 0 saturated carbocycles. The van der Waals surface area contributed by atoms with Gasteiger partial charge in [0.25, 0.3) is 11.8 Å². The molecule has 2 heterocycles. The van der Waals surface area contributed by atoms with Gasteiger partial charge < -0.3 is 15.8 Å². The maximum absolute atomic E-state index is 13.4. The number of aromatic nitrogens is 1. The minimum absolute atomic E-state index is 0.193. The highest BCUT2D eigenvalue weighted by atomic mass is 32.2. The smallest absolute Gasteiger partial charge is 0.265 e. The molecule has 2 aromatic carbocycles. The molecule has 0 fully saturated rings. The molecule has 198 valence electrons. The van der Waals surface area contributed by atoms with Crippen molar-refractivity contribution in [3.63, 3.8) is 0 Å². The fraction of sp³-hybridized carbons (Fsp3) is 0.222. The average molecular weight is 553 g/mol. The first kappa shape index (κ1) is 27.1. The van der Waals surface area contributed by atoms with Gasteiger partial charge in [-0.25, -0.2) is 8.42 Å². The number of carbonyl (C=O) groups is 2. The lowest BCUT2D eigenvalue weighted by molar-refractivity contribution is 0.0998. The van der Waals surface area contributed by atoms with E-state index in [0.717, 1.165) is 21.9 Å². The summed E-state index contributed by atoms with van der Waals surface area (Å²) in [6.45, 7) is 5.95. The number of anilines is 2. The van der Waals surface area contributed by atoms with Crippen LogP contribution in [0.2, 0.25) is 0 Å². The Balaban J connectivity index is 1.79. The minimum Gasteiger partial charge on any atom is -0.492 e. The fourth-order valence-electron chi connectivity index (χ4n) is 4.01. The van der Waals surface area contributed by atoms with Crippen LogP contribution in [-0.4, -0.2) is 38.6 Å². The molecule has 0 aliphatic carbocycles. The molecule has 38 heavy (non-hydrogen) atoms. The quantitative estimate of drug-likeness (QED) is 0.295. The van der Waals surface area contributed by atoms with Gasteiger partial charge in [0.2, 0.25) is 10.0 Å². The molecular weight excluding hydrogens is 524 g/mol. The fourth-order valence-corrected chi connectivity index (χ4v) is 5.63. The Hall–Kier alpha value is -3.96. The number of primary amides is 1. The van der Waals surface area contributed by atoms with Gasteiger partial charge in [0.15, 0.2) is 5.75 Å². The average Bonchev–Trinajstić information content (AvgIpc) is 3.27. The molecule has 0 radical (unpaired) electrons. The van der Waals surface area contributed by atoms with Crippen molar-refractivity contribution in [2.45, 2.75) is 26.2 Å². The van der Waals surface area contributed by atoms with Crippen molar-refractivity contribution in [2.75, 3.05) is 23.4 Å². The van der Waals surface area contributed by atoms with Crippen LogP contribution in [-0.2, 0) is 15.4 Å². The summed E-state index contributed by atoms with van der Waals surface area (Å²) in [4.78, 5) is 30.2. The lowest BCUT2D eigenvalue weighted by Gasteiger charge is -2.23. The lowest BCUT2D eigenvalue weighted by Crippen LogP contribution is -2.18. The number of hydrogen-bond donors (Lipinski definition) is 3. The van der Waals surface area contributed by atoms with E-state index in [-0.39, 0.29) is 22.4 Å². The van der Waals surface area contributed by atoms with Crippen molar-refractivity contribution >= 4 is 54.6 Å². The number of hydrogen-bond acceptors (Lipinski definition) is 7. The van der Waals surface area contributed by atoms with Crippen LogP contribution in [0.1, 0.15) is 46.4 Å². The summed E-state index contributed by atoms with van der Waals surface area (Å²) in [5.41, 5.74) is 7.99. The predicted octanol–water partition coefficient (Wildman–Crippen LogP) is 4.99. The summed E-state index contributed by atoms with van der Waals surface area (Å²) in [5, 5.41) is 3.69. The molecule has 4 rings (SSSR count). The highest BCUT2D eigenvalue weighted by Crippen LogP contribution is 2.40. The second-order valence-electron chi connectivity index (χ2n) is 9.78. The van der Waals surface area contributed by atoms with Crippen LogP contribution in [0, 0.1) is 0 Å². The molecule has 0 aliphatic heterocycles. The van der Waals surface area contributed by atoms with Gasteiger partial charge in [-0.15, -0.1) is 11.3 Å². The highest BCUT2D eigenvalue weighted by Gasteiger charge is 2.23. The van der Waals surface area contributed by atoms with E-state index in [4.69, 9.17) is 10.5 Å². The first-order valence-corrected chi connectivity index (χ1v) is 14.3. The number of rotatable bonds is 7. The number of benzene rings is 2. The van der Waals surface area contributed by atoms with Gasteiger partial charge in [-0.1, -0.05) is 39.0 Å². The van der Waals surface area contributed by atoms with Crippen molar-refractivity contribution in [3.8, 4) is 17.0 Å². The largest absolute Gasteiger partial charge is 0.492 e. The molecular formula is C27H28N4O5S2. The number of sulfonamides is 1. The van der Waals surface area contributed by atoms with Gasteiger partial charge in [0.1, 0.15) is 0 Å². The molecule has 11 heteroatoms. The second kappa shape index (κ2) is 10.1. The molecule has 4 N–H and O–H groups in total. The Morgan fingerprint density at radius 1 is 1.05 bits per heavy atom. The zero-order chi connectivity index (χ0) is 27.8. The number of nitrogens with zero attached hydrogens (tertiary/aromatic N) is 1. The number of nitrogens with two attached hydrogens (primary N) is 1. The standard InChI is InChI=1S/C27H28N4O5S2/c1-27(2,3)16-13-19(23(36-4)20(14-16)31-38(5,34)35)30-26(33)21-12-15-8-6-9-17(24(15)37-21)22-18(25(28)32)10-7-11-29-22/h6-14,31H,1-5H3,(H2,28,32)(H,30,33). The van der Waals surface area contributed by atoms with E-state index in [0.29, 0.717) is 21.8 Å². The van der Waals surface area contributed by atoms with E-state index in [1.54, 1.807) is 36.5 Å². The Morgan fingerprint density at radius 2 is 1.76 bits per heavy atom. The monoisotopic (exact) mass is 552 g/mol. The number of ether oxygens (including phenoxy) is 1. The van der Waals surface area contributed by atoms with Crippen molar-refractivity contribution < 1.29 is 22.7 Å². The third-order valence-corrected chi connectivity index (χ3v) is 7.57. The Morgan fingerprint density at radius 3 is 2.39 bits per heavy atom. The number of pyridine rings is 1. The summed E-state index contributed by atoms with van der Waals surface area (Å²) in [7, 11) is -2.20. The van der Waals surface area contributed by atoms with Crippen molar-refractivity contribution in [3.05, 3.63) is 70.7 Å². The van der Waals surface area contributed by atoms with Crippen LogP contribution in [0.5, 0.6) is 5.75 Å². The number of nitrogens with one attached hydrogen (secondary N) is 2. The van der Waals surface area contributed by atoms with Gasteiger partial charge >= 0.3 is 0 Å². The summed E-state index contributed by atoms with van der Waals surface area (Å²) in [6, 6.07) is 14.0. The molecule has 0 aliphatic rings. The molecule has 9 nitrogen and oxygen atoms in total. The number of thiophene rings is 1.